The van der Waals surface area contributed by atoms with Crippen molar-refractivity contribution in [1.82, 2.24) is 0 Å². The Morgan fingerprint density at radius 3 is 2.24 bits per heavy atom. The number of aliphatic hydroxyl groups is 1. The maximum Gasteiger partial charge on any atom is 0.338 e. The van der Waals surface area contributed by atoms with E-state index in [1.165, 1.54) is 24.1 Å². The van der Waals surface area contributed by atoms with Crippen LogP contribution in [0.5, 0.6) is 5.75 Å². The van der Waals surface area contributed by atoms with Crippen molar-refractivity contribution in [3.05, 3.63) is 71.8 Å². The Balaban J connectivity index is 1.73. The second kappa shape index (κ2) is 11.8. The van der Waals surface area contributed by atoms with Gasteiger partial charge < -0.3 is 25.2 Å². The van der Waals surface area contributed by atoms with Crippen LogP contribution in [0.15, 0.2) is 60.7 Å². The van der Waals surface area contributed by atoms with E-state index in [1.807, 2.05) is 24.3 Å². The molecule has 1 aliphatic heterocycles. The molecule has 3 aromatic carbocycles. The van der Waals surface area contributed by atoms with Crippen molar-refractivity contribution in [3.63, 3.8) is 0 Å². The molecule has 0 aliphatic carbocycles. The molecule has 0 spiro atoms. The molecule has 0 bridgehead atoms. The van der Waals surface area contributed by atoms with Crippen LogP contribution < -0.4 is 15.4 Å². The van der Waals surface area contributed by atoms with E-state index < -0.39 is 0 Å². The van der Waals surface area contributed by atoms with Gasteiger partial charge in [-0.2, -0.15) is 0 Å². The van der Waals surface area contributed by atoms with Gasteiger partial charge in [0.25, 0.3) is 0 Å². The highest BCUT2D eigenvalue weighted by atomic mass is 16.5. The second-order valence-corrected chi connectivity index (χ2v) is 10.5. The first kappa shape index (κ1) is 26.7. The van der Waals surface area contributed by atoms with E-state index in [0.717, 1.165) is 41.1 Å². The zero-order valence-electron chi connectivity index (χ0n) is 22.1. The summed E-state index contributed by atoms with van der Waals surface area (Å²) in [7, 11) is 0. The largest absolute Gasteiger partial charge is 0.491 e. The van der Waals surface area contributed by atoms with Gasteiger partial charge in [-0.3, -0.25) is 0 Å². The summed E-state index contributed by atoms with van der Waals surface area (Å²) < 4.78 is 11.1. The fraction of sp³-hybridized carbons (Fsp3) is 0.387. The van der Waals surface area contributed by atoms with Crippen LogP contribution >= 0.6 is 0 Å². The summed E-state index contributed by atoms with van der Waals surface area (Å²) in [6.07, 6.45) is 2.46. The number of esters is 1. The standard InChI is InChI=1S/C31H38N2O4/c1-31(2,3)27-21-25(10-12-28(27)33-15-4-5-16-33)26-20-24(11-13-29(26)36-19-17-34)22-6-8-23(9-7-22)30(35)37-18-14-32/h6-13,20-21,34H,4-5,14-19,32H2,1-3H3. The number of benzene rings is 3. The van der Waals surface area contributed by atoms with E-state index >= 15 is 0 Å². The molecule has 3 N–H and O–H groups in total. The third kappa shape index (κ3) is 6.32. The number of rotatable bonds is 9. The summed E-state index contributed by atoms with van der Waals surface area (Å²) in [5.74, 6) is 0.354. The van der Waals surface area contributed by atoms with Crippen LogP contribution in [0.25, 0.3) is 22.3 Å². The Morgan fingerprint density at radius 2 is 1.59 bits per heavy atom. The Hall–Kier alpha value is -3.35. The topological polar surface area (TPSA) is 85.0 Å². The van der Waals surface area contributed by atoms with Crippen LogP contribution in [-0.4, -0.2) is 50.5 Å². The van der Waals surface area contributed by atoms with Crippen molar-refractivity contribution >= 4 is 11.7 Å². The molecule has 0 aromatic heterocycles. The van der Waals surface area contributed by atoms with Crippen LogP contribution in [0.3, 0.4) is 0 Å². The maximum absolute atomic E-state index is 12.2. The predicted octanol–water partition coefficient (Wildman–Crippen LogP) is 5.40. The molecule has 0 atom stereocenters. The van der Waals surface area contributed by atoms with Gasteiger partial charge in [-0.05, 0) is 76.9 Å². The monoisotopic (exact) mass is 502 g/mol. The van der Waals surface area contributed by atoms with Gasteiger partial charge in [0.05, 0.1) is 12.2 Å². The number of nitrogens with zero attached hydrogens (tertiary/aromatic N) is 1. The number of ether oxygens (including phenoxy) is 2. The number of nitrogens with two attached hydrogens (primary N) is 1. The first-order valence-electron chi connectivity index (χ1n) is 13.1. The fourth-order valence-electron chi connectivity index (χ4n) is 4.79. The van der Waals surface area contributed by atoms with Gasteiger partial charge in [-0.25, -0.2) is 4.79 Å². The number of hydrogen-bond donors (Lipinski definition) is 2. The van der Waals surface area contributed by atoms with E-state index in [0.29, 0.717) is 12.1 Å². The second-order valence-electron chi connectivity index (χ2n) is 10.5. The average molecular weight is 503 g/mol. The normalized spacial score (nSPS) is 13.6. The summed E-state index contributed by atoms with van der Waals surface area (Å²) in [5, 5.41) is 9.38. The molecule has 0 radical (unpaired) electrons. The summed E-state index contributed by atoms with van der Waals surface area (Å²) in [5.41, 5.74) is 12.5. The van der Waals surface area contributed by atoms with E-state index in [1.54, 1.807) is 12.1 Å². The quantitative estimate of drug-likeness (QED) is 0.381. The first-order chi connectivity index (χ1) is 17.8. The minimum absolute atomic E-state index is 0.0218. The number of aliphatic hydroxyl groups excluding tert-OH is 1. The van der Waals surface area contributed by atoms with Crippen LogP contribution in [-0.2, 0) is 10.2 Å². The van der Waals surface area contributed by atoms with E-state index in [-0.39, 0.29) is 31.2 Å². The van der Waals surface area contributed by atoms with Crippen molar-refractivity contribution in [2.75, 3.05) is 44.4 Å². The lowest BCUT2D eigenvalue weighted by atomic mass is 9.83. The SMILES string of the molecule is CC(C)(C)c1cc(-c2cc(-c3ccc(C(=O)OCCN)cc3)ccc2OCCO)ccc1N1CCCC1. The highest BCUT2D eigenvalue weighted by molar-refractivity contribution is 5.90. The molecule has 0 saturated carbocycles. The molecule has 0 unspecified atom stereocenters. The highest BCUT2D eigenvalue weighted by Crippen LogP contribution is 2.40. The highest BCUT2D eigenvalue weighted by Gasteiger charge is 2.24. The number of hydrogen-bond acceptors (Lipinski definition) is 6. The molecule has 37 heavy (non-hydrogen) atoms. The molecule has 6 heteroatoms. The van der Waals surface area contributed by atoms with Crippen molar-refractivity contribution < 1.29 is 19.4 Å². The van der Waals surface area contributed by atoms with Gasteiger partial charge in [0.15, 0.2) is 0 Å². The number of anilines is 1. The summed E-state index contributed by atoms with van der Waals surface area (Å²) >= 11 is 0. The third-order valence-electron chi connectivity index (χ3n) is 6.70. The van der Waals surface area contributed by atoms with Gasteiger partial charge in [0.1, 0.15) is 19.0 Å². The van der Waals surface area contributed by atoms with Crippen molar-refractivity contribution in [3.8, 4) is 28.0 Å². The minimum atomic E-state index is -0.377. The summed E-state index contributed by atoms with van der Waals surface area (Å²) in [6, 6.07) is 20.2. The minimum Gasteiger partial charge on any atom is -0.491 e. The molecule has 196 valence electrons. The van der Waals surface area contributed by atoms with E-state index in [2.05, 4.69) is 49.9 Å². The molecule has 6 nitrogen and oxygen atoms in total. The van der Waals surface area contributed by atoms with Crippen LogP contribution in [0, 0.1) is 0 Å². The molecule has 1 heterocycles. The summed E-state index contributed by atoms with van der Waals surface area (Å²) in [6.45, 7) is 9.63. The molecular weight excluding hydrogens is 464 g/mol. The Morgan fingerprint density at radius 1 is 0.919 bits per heavy atom. The van der Waals surface area contributed by atoms with Gasteiger partial charge in [0, 0.05) is 30.9 Å². The van der Waals surface area contributed by atoms with Crippen molar-refractivity contribution in [1.29, 1.82) is 0 Å². The van der Waals surface area contributed by atoms with Gasteiger partial charge in [0.2, 0.25) is 0 Å². The van der Waals surface area contributed by atoms with Crippen LogP contribution in [0.4, 0.5) is 5.69 Å². The molecule has 1 aliphatic rings. The lowest BCUT2D eigenvalue weighted by molar-refractivity contribution is 0.0517. The average Bonchev–Trinajstić information content (AvgIpc) is 3.45. The van der Waals surface area contributed by atoms with E-state index in [4.69, 9.17) is 15.2 Å². The van der Waals surface area contributed by atoms with Crippen LogP contribution in [0.1, 0.15) is 49.5 Å². The molecule has 1 saturated heterocycles. The molecule has 4 rings (SSSR count). The smallest absolute Gasteiger partial charge is 0.338 e. The van der Waals surface area contributed by atoms with Gasteiger partial charge in [-0.1, -0.05) is 45.0 Å². The zero-order valence-corrected chi connectivity index (χ0v) is 22.1. The van der Waals surface area contributed by atoms with Crippen LogP contribution in [0.2, 0.25) is 0 Å². The van der Waals surface area contributed by atoms with Gasteiger partial charge >= 0.3 is 5.97 Å². The van der Waals surface area contributed by atoms with E-state index in [9.17, 15) is 9.90 Å². The first-order valence-corrected chi connectivity index (χ1v) is 13.1. The fourth-order valence-corrected chi connectivity index (χ4v) is 4.79. The molecule has 1 fully saturated rings. The summed E-state index contributed by atoms with van der Waals surface area (Å²) in [4.78, 5) is 14.6. The predicted molar refractivity (Wildman–Crippen MR) is 149 cm³/mol. The van der Waals surface area contributed by atoms with Crippen molar-refractivity contribution in [2.24, 2.45) is 5.73 Å². The zero-order chi connectivity index (χ0) is 26.4. The Bertz CT molecular complexity index is 1210. The lowest BCUT2D eigenvalue weighted by Crippen LogP contribution is -2.23. The number of carbonyl (C=O) groups excluding carboxylic acids is 1. The maximum atomic E-state index is 12.2. The van der Waals surface area contributed by atoms with Gasteiger partial charge in [-0.15, -0.1) is 0 Å². The number of carbonyl (C=O) groups is 1. The Labute approximate surface area is 220 Å². The third-order valence-corrected chi connectivity index (χ3v) is 6.70. The van der Waals surface area contributed by atoms with Crippen molar-refractivity contribution in [2.45, 2.75) is 39.0 Å². The molecular formula is C31H38N2O4. The Kier molecular flexibility index (Phi) is 8.52. The molecule has 0 amide bonds. The molecule has 3 aromatic rings. The lowest BCUT2D eigenvalue weighted by Gasteiger charge is -2.29.